The molecule has 150 valence electrons. The topological polar surface area (TPSA) is 45.2 Å². The summed E-state index contributed by atoms with van der Waals surface area (Å²) in [4.78, 5) is 20.6. The highest BCUT2D eigenvalue weighted by Crippen LogP contribution is 2.25. The number of amides is 1. The normalized spacial score (nSPS) is 15.3. The maximum Gasteiger partial charge on any atom is 0.251 e. The molecule has 2 heterocycles. The van der Waals surface area contributed by atoms with Crippen molar-refractivity contribution in [3.05, 3.63) is 82.3 Å². The number of nitrogens with zero attached hydrogens (tertiary/aromatic N) is 2. The van der Waals surface area contributed by atoms with E-state index in [2.05, 4.69) is 44.8 Å². The number of likely N-dealkylation sites (tertiary alicyclic amines) is 1. The average molecular weight is 424 g/mol. The predicted molar refractivity (Wildman–Crippen MR) is 120 cm³/mol. The summed E-state index contributed by atoms with van der Waals surface area (Å²) in [6, 6.07) is 18.6. The molecule has 0 radical (unpaired) electrons. The monoisotopic (exact) mass is 423 g/mol. The number of thiazole rings is 1. The first kappa shape index (κ1) is 20.1. The quantitative estimate of drug-likeness (QED) is 0.518. The van der Waals surface area contributed by atoms with Crippen LogP contribution in [0.25, 0.3) is 0 Å². The molecule has 0 bridgehead atoms. The lowest BCUT2D eigenvalue weighted by Gasteiger charge is -2.28. The van der Waals surface area contributed by atoms with Crippen molar-refractivity contribution in [2.45, 2.75) is 29.5 Å². The lowest BCUT2D eigenvalue weighted by atomic mass is 10.1. The second kappa shape index (κ2) is 10.1. The molecule has 1 N–H and O–H groups in total. The van der Waals surface area contributed by atoms with E-state index in [0.29, 0.717) is 12.1 Å². The van der Waals surface area contributed by atoms with Crippen molar-refractivity contribution in [1.29, 1.82) is 0 Å². The molecular weight excluding hydrogens is 398 g/mol. The fraction of sp³-hybridized carbons (Fsp3) is 0.304. The summed E-state index contributed by atoms with van der Waals surface area (Å²) in [7, 11) is 0. The van der Waals surface area contributed by atoms with E-state index in [4.69, 9.17) is 0 Å². The van der Waals surface area contributed by atoms with Crippen molar-refractivity contribution in [1.82, 2.24) is 15.2 Å². The molecule has 0 spiro atoms. The van der Waals surface area contributed by atoms with Crippen LogP contribution in [0.1, 0.15) is 40.5 Å². The molecule has 1 fully saturated rings. The molecule has 4 nitrogen and oxygen atoms in total. The molecule has 3 aromatic rings. The third-order valence-electron chi connectivity index (χ3n) is 5.21. The fourth-order valence-electron chi connectivity index (χ4n) is 3.65. The summed E-state index contributed by atoms with van der Waals surface area (Å²) in [5, 5.41) is 5.22. The van der Waals surface area contributed by atoms with Crippen molar-refractivity contribution in [3.8, 4) is 0 Å². The minimum atomic E-state index is -0.0128. The van der Waals surface area contributed by atoms with Gasteiger partial charge in [0.15, 0.2) is 0 Å². The van der Waals surface area contributed by atoms with Gasteiger partial charge in [0.05, 0.1) is 17.2 Å². The van der Waals surface area contributed by atoms with Gasteiger partial charge < -0.3 is 5.32 Å². The zero-order valence-corrected chi connectivity index (χ0v) is 17.9. The van der Waals surface area contributed by atoms with E-state index in [0.717, 1.165) is 29.4 Å². The van der Waals surface area contributed by atoms with Crippen molar-refractivity contribution in [2.75, 3.05) is 19.6 Å². The molecule has 1 saturated heterocycles. The van der Waals surface area contributed by atoms with E-state index in [-0.39, 0.29) is 11.9 Å². The largest absolute Gasteiger partial charge is 0.350 e. The molecule has 0 aliphatic carbocycles. The Labute approximate surface area is 180 Å². The average Bonchev–Trinajstić information content (AvgIpc) is 3.48. The van der Waals surface area contributed by atoms with Crippen LogP contribution < -0.4 is 5.32 Å². The van der Waals surface area contributed by atoms with Crippen molar-refractivity contribution >= 4 is 29.0 Å². The number of rotatable bonds is 8. The Hall–Kier alpha value is -2.15. The highest BCUT2D eigenvalue weighted by molar-refractivity contribution is 7.98. The van der Waals surface area contributed by atoms with Crippen LogP contribution in [0.4, 0.5) is 0 Å². The Bertz CT molecular complexity index is 892. The number of hydrogen-bond acceptors (Lipinski definition) is 5. The van der Waals surface area contributed by atoms with Gasteiger partial charge in [-0.2, -0.15) is 0 Å². The number of aromatic nitrogens is 1. The summed E-state index contributed by atoms with van der Waals surface area (Å²) in [5.41, 5.74) is 4.92. The Kier molecular flexibility index (Phi) is 6.98. The highest BCUT2D eigenvalue weighted by Gasteiger charge is 2.23. The molecular formula is C23H25N3OS2. The fourth-order valence-corrected chi connectivity index (χ4v) is 5.11. The van der Waals surface area contributed by atoms with Gasteiger partial charge in [0, 0.05) is 28.1 Å². The van der Waals surface area contributed by atoms with Gasteiger partial charge in [-0.1, -0.05) is 30.3 Å². The van der Waals surface area contributed by atoms with Gasteiger partial charge >= 0.3 is 0 Å². The summed E-state index contributed by atoms with van der Waals surface area (Å²) in [6.45, 7) is 2.82. The second-order valence-corrected chi connectivity index (χ2v) is 8.94. The zero-order chi connectivity index (χ0) is 19.9. The minimum Gasteiger partial charge on any atom is -0.350 e. The molecule has 1 amide bonds. The molecule has 6 heteroatoms. The van der Waals surface area contributed by atoms with Gasteiger partial charge in [-0.05, 0) is 55.8 Å². The second-order valence-electron chi connectivity index (χ2n) is 7.17. The Morgan fingerprint density at radius 2 is 1.86 bits per heavy atom. The third kappa shape index (κ3) is 5.47. The van der Waals surface area contributed by atoms with Crippen molar-refractivity contribution in [2.24, 2.45) is 0 Å². The smallest absolute Gasteiger partial charge is 0.251 e. The van der Waals surface area contributed by atoms with E-state index in [9.17, 15) is 4.79 Å². The molecule has 1 aliphatic heterocycles. The Morgan fingerprint density at radius 1 is 1.10 bits per heavy atom. The number of nitrogens with one attached hydrogen (secondary N) is 1. The molecule has 0 saturated carbocycles. The molecule has 1 aliphatic rings. The van der Waals surface area contributed by atoms with Crippen LogP contribution in [-0.4, -0.2) is 35.4 Å². The first-order valence-corrected chi connectivity index (χ1v) is 11.9. The number of carbonyl (C=O) groups is 1. The third-order valence-corrected chi connectivity index (χ3v) is 6.89. The minimum absolute atomic E-state index is 0.0128. The molecule has 2 aromatic carbocycles. The lowest BCUT2D eigenvalue weighted by Crippen LogP contribution is -2.36. The van der Waals surface area contributed by atoms with Gasteiger partial charge in [-0.25, -0.2) is 4.98 Å². The summed E-state index contributed by atoms with van der Waals surface area (Å²) < 4.78 is 0. The molecule has 0 unspecified atom stereocenters. The lowest BCUT2D eigenvalue weighted by molar-refractivity contribution is 0.0938. The van der Waals surface area contributed by atoms with Crippen molar-refractivity contribution in [3.63, 3.8) is 0 Å². The number of carbonyl (C=O) groups excluding carboxylic acids is 1. The van der Waals surface area contributed by atoms with E-state index < -0.39 is 0 Å². The highest BCUT2D eigenvalue weighted by atomic mass is 32.2. The van der Waals surface area contributed by atoms with Gasteiger partial charge in [0.2, 0.25) is 0 Å². The number of hydrogen-bond donors (Lipinski definition) is 1. The van der Waals surface area contributed by atoms with Crippen LogP contribution >= 0.6 is 23.1 Å². The maximum absolute atomic E-state index is 12.7. The van der Waals surface area contributed by atoms with E-state index in [1.165, 1.54) is 18.4 Å². The summed E-state index contributed by atoms with van der Waals surface area (Å²) in [6.07, 6.45) is 2.47. The van der Waals surface area contributed by atoms with Crippen molar-refractivity contribution < 1.29 is 4.79 Å². The van der Waals surface area contributed by atoms with E-state index >= 15 is 0 Å². The Morgan fingerprint density at radius 3 is 2.55 bits per heavy atom. The summed E-state index contributed by atoms with van der Waals surface area (Å²) >= 11 is 3.35. The van der Waals surface area contributed by atoms with E-state index in [1.807, 2.05) is 35.8 Å². The Balaban J connectivity index is 1.35. The van der Waals surface area contributed by atoms with Gasteiger partial charge in [0.1, 0.15) is 0 Å². The maximum atomic E-state index is 12.7. The van der Waals surface area contributed by atoms with Gasteiger partial charge in [-0.15, -0.1) is 23.1 Å². The van der Waals surface area contributed by atoms with Crippen LogP contribution in [0.15, 0.2) is 70.4 Å². The molecule has 1 aromatic heterocycles. The predicted octanol–water partition coefficient (Wildman–Crippen LogP) is 5.00. The molecule has 1 atom stereocenters. The van der Waals surface area contributed by atoms with E-state index in [1.54, 1.807) is 23.1 Å². The first-order chi connectivity index (χ1) is 14.3. The standard InChI is InChI=1S/C23H25N3OS2/c27-23(19-8-10-21(11-9-19)29-16-20-15-28-17-25-20)24-14-22(26-12-4-5-13-26)18-6-2-1-3-7-18/h1-3,6-11,15,17,22H,4-5,12-14,16H2,(H,24,27)/t22-/m1/s1. The van der Waals surface area contributed by atoms with Gasteiger partial charge in [-0.3, -0.25) is 9.69 Å². The molecule has 4 rings (SSSR count). The van der Waals surface area contributed by atoms with Crippen LogP contribution in [0, 0.1) is 0 Å². The van der Waals surface area contributed by atoms with Crippen LogP contribution in [-0.2, 0) is 5.75 Å². The first-order valence-electron chi connectivity index (χ1n) is 9.97. The van der Waals surface area contributed by atoms with Crippen LogP contribution in [0.2, 0.25) is 0 Å². The molecule has 29 heavy (non-hydrogen) atoms. The number of benzene rings is 2. The van der Waals surface area contributed by atoms with Crippen LogP contribution in [0.5, 0.6) is 0 Å². The number of thioether (sulfide) groups is 1. The SMILES string of the molecule is O=C(NC[C@H](c1ccccc1)N1CCCC1)c1ccc(SCc2cscn2)cc1. The van der Waals surface area contributed by atoms with Crippen LogP contribution in [0.3, 0.4) is 0 Å². The zero-order valence-electron chi connectivity index (χ0n) is 16.3. The van der Waals surface area contributed by atoms with Gasteiger partial charge in [0.25, 0.3) is 5.91 Å². The summed E-state index contributed by atoms with van der Waals surface area (Å²) in [5.74, 6) is 0.838.